The van der Waals surface area contributed by atoms with Crippen LogP contribution in [0.3, 0.4) is 0 Å². The Kier molecular flexibility index (Phi) is 4.92. The highest BCUT2D eigenvalue weighted by atomic mass is 15.3. The Balaban J connectivity index is 2.42. The first-order valence-electron chi connectivity index (χ1n) is 6.21. The molecular formula is C12H25N3. The molecule has 0 atom stereocenters. The van der Waals surface area contributed by atoms with Crippen LogP contribution in [0.1, 0.15) is 46.5 Å². The lowest BCUT2D eigenvalue weighted by Crippen LogP contribution is -2.40. The Morgan fingerprint density at radius 1 is 1.47 bits per heavy atom. The van der Waals surface area contributed by atoms with E-state index in [1.807, 2.05) is 0 Å². The molecule has 1 aliphatic carbocycles. The van der Waals surface area contributed by atoms with Crippen molar-refractivity contribution in [2.24, 2.45) is 16.6 Å². The first kappa shape index (κ1) is 12.3. The van der Waals surface area contributed by atoms with Crippen LogP contribution >= 0.6 is 0 Å². The van der Waals surface area contributed by atoms with Gasteiger partial charge in [0.05, 0.1) is 0 Å². The number of nitrogens with two attached hydrogens (primary N) is 1. The lowest BCUT2D eigenvalue weighted by molar-refractivity contribution is 0.392. The number of aliphatic imine (C=N–C) groups is 1. The second kappa shape index (κ2) is 5.99. The van der Waals surface area contributed by atoms with E-state index in [-0.39, 0.29) is 0 Å². The largest absolute Gasteiger partial charge is 0.370 e. The molecule has 0 spiro atoms. The Labute approximate surface area is 93.7 Å². The van der Waals surface area contributed by atoms with Crippen LogP contribution in [0.4, 0.5) is 0 Å². The molecule has 15 heavy (non-hydrogen) atoms. The van der Waals surface area contributed by atoms with Crippen LogP contribution in [0.15, 0.2) is 4.99 Å². The highest BCUT2D eigenvalue weighted by molar-refractivity contribution is 5.78. The third kappa shape index (κ3) is 4.54. The van der Waals surface area contributed by atoms with Crippen LogP contribution in [0.5, 0.6) is 0 Å². The highest BCUT2D eigenvalue weighted by Gasteiger charge is 2.29. The smallest absolute Gasteiger partial charge is 0.191 e. The molecule has 1 fully saturated rings. The topological polar surface area (TPSA) is 41.6 Å². The zero-order valence-corrected chi connectivity index (χ0v) is 10.4. The molecule has 1 rings (SSSR count). The van der Waals surface area contributed by atoms with Gasteiger partial charge in [0, 0.05) is 19.1 Å². The summed E-state index contributed by atoms with van der Waals surface area (Å²) in [5, 5.41) is 0. The van der Waals surface area contributed by atoms with E-state index in [4.69, 9.17) is 5.73 Å². The van der Waals surface area contributed by atoms with Crippen LogP contribution in [0.25, 0.3) is 0 Å². The van der Waals surface area contributed by atoms with Crippen molar-refractivity contribution < 1.29 is 0 Å². The summed E-state index contributed by atoms with van der Waals surface area (Å²) in [6.07, 6.45) is 5.03. The van der Waals surface area contributed by atoms with E-state index in [1.54, 1.807) is 0 Å². The normalized spacial score (nSPS) is 17.2. The van der Waals surface area contributed by atoms with Gasteiger partial charge >= 0.3 is 0 Å². The van der Waals surface area contributed by atoms with E-state index in [9.17, 15) is 0 Å². The van der Waals surface area contributed by atoms with Gasteiger partial charge in [-0.15, -0.1) is 0 Å². The average Bonchev–Trinajstić information content (AvgIpc) is 2.99. The highest BCUT2D eigenvalue weighted by Crippen LogP contribution is 2.26. The maximum atomic E-state index is 6.02. The molecule has 0 aliphatic heterocycles. The van der Waals surface area contributed by atoms with Crippen molar-refractivity contribution >= 4 is 5.96 Å². The summed E-state index contributed by atoms with van der Waals surface area (Å²) in [6, 6.07) is 0.687. The van der Waals surface area contributed by atoms with Crippen molar-refractivity contribution in [1.82, 2.24) is 4.90 Å². The molecule has 3 heteroatoms. The minimum atomic E-state index is 0.593. The minimum absolute atomic E-state index is 0.593. The van der Waals surface area contributed by atoms with Crippen LogP contribution < -0.4 is 5.73 Å². The third-order valence-corrected chi connectivity index (χ3v) is 2.65. The van der Waals surface area contributed by atoms with Crippen molar-refractivity contribution in [2.75, 3.05) is 13.1 Å². The maximum Gasteiger partial charge on any atom is 0.191 e. The molecule has 1 saturated carbocycles. The van der Waals surface area contributed by atoms with E-state index in [0.717, 1.165) is 19.0 Å². The minimum Gasteiger partial charge on any atom is -0.370 e. The van der Waals surface area contributed by atoms with Gasteiger partial charge in [0.15, 0.2) is 5.96 Å². The summed E-state index contributed by atoms with van der Waals surface area (Å²) >= 11 is 0. The molecule has 3 nitrogen and oxygen atoms in total. The summed E-state index contributed by atoms with van der Waals surface area (Å²) in [6.45, 7) is 8.48. The van der Waals surface area contributed by atoms with Gasteiger partial charge in [-0.3, -0.25) is 4.99 Å². The SMILES string of the molecule is CCCCN(C(N)=NCC(C)C)C1CC1. The Hall–Kier alpha value is -0.730. The van der Waals surface area contributed by atoms with Gasteiger partial charge < -0.3 is 10.6 Å². The van der Waals surface area contributed by atoms with Crippen LogP contribution in [0.2, 0.25) is 0 Å². The van der Waals surface area contributed by atoms with E-state index in [2.05, 4.69) is 30.7 Å². The summed E-state index contributed by atoms with van der Waals surface area (Å²) in [5.74, 6) is 1.36. The molecule has 1 aliphatic rings. The molecule has 0 bridgehead atoms. The van der Waals surface area contributed by atoms with Gasteiger partial charge in [-0.2, -0.15) is 0 Å². The van der Waals surface area contributed by atoms with Gasteiger partial charge in [-0.05, 0) is 25.2 Å². The molecule has 0 saturated heterocycles. The van der Waals surface area contributed by atoms with Gasteiger partial charge in [0.25, 0.3) is 0 Å². The predicted molar refractivity (Wildman–Crippen MR) is 66.0 cm³/mol. The molecule has 2 N–H and O–H groups in total. The van der Waals surface area contributed by atoms with E-state index in [0.29, 0.717) is 12.0 Å². The molecule has 0 radical (unpaired) electrons. The summed E-state index contributed by atoms with van der Waals surface area (Å²) in [7, 11) is 0. The van der Waals surface area contributed by atoms with Crippen LogP contribution in [-0.4, -0.2) is 30.0 Å². The first-order chi connectivity index (χ1) is 7.15. The summed E-state index contributed by atoms with van der Waals surface area (Å²) < 4.78 is 0. The molecular weight excluding hydrogens is 186 g/mol. The van der Waals surface area contributed by atoms with Crippen molar-refractivity contribution in [3.05, 3.63) is 0 Å². The van der Waals surface area contributed by atoms with Crippen molar-refractivity contribution in [2.45, 2.75) is 52.5 Å². The van der Waals surface area contributed by atoms with Crippen LogP contribution in [0, 0.1) is 5.92 Å². The second-order valence-corrected chi connectivity index (χ2v) is 4.87. The van der Waals surface area contributed by atoms with Gasteiger partial charge in [0.2, 0.25) is 0 Å². The lowest BCUT2D eigenvalue weighted by atomic mass is 10.2. The van der Waals surface area contributed by atoms with Crippen molar-refractivity contribution in [1.29, 1.82) is 0 Å². The van der Waals surface area contributed by atoms with Crippen molar-refractivity contribution in [3.8, 4) is 0 Å². The number of hydrogen-bond donors (Lipinski definition) is 1. The van der Waals surface area contributed by atoms with E-state index >= 15 is 0 Å². The summed E-state index contributed by atoms with van der Waals surface area (Å²) in [4.78, 5) is 6.76. The quantitative estimate of drug-likeness (QED) is 0.540. The monoisotopic (exact) mass is 211 g/mol. The fourth-order valence-electron chi connectivity index (χ4n) is 1.57. The Morgan fingerprint density at radius 3 is 2.60 bits per heavy atom. The lowest BCUT2D eigenvalue weighted by Gasteiger charge is -2.23. The van der Waals surface area contributed by atoms with Crippen LogP contribution in [-0.2, 0) is 0 Å². The van der Waals surface area contributed by atoms with Gasteiger partial charge in [-0.1, -0.05) is 27.2 Å². The number of rotatable bonds is 6. The number of guanidine groups is 1. The van der Waals surface area contributed by atoms with Gasteiger partial charge in [-0.25, -0.2) is 0 Å². The zero-order valence-electron chi connectivity index (χ0n) is 10.4. The average molecular weight is 211 g/mol. The Bertz CT molecular complexity index is 207. The number of unbranched alkanes of at least 4 members (excludes halogenated alkanes) is 1. The predicted octanol–water partition coefficient (Wildman–Crippen LogP) is 2.22. The van der Waals surface area contributed by atoms with Gasteiger partial charge in [0.1, 0.15) is 0 Å². The maximum absolute atomic E-state index is 6.02. The molecule has 88 valence electrons. The van der Waals surface area contributed by atoms with Crippen molar-refractivity contribution in [3.63, 3.8) is 0 Å². The standard InChI is InChI=1S/C12H25N3/c1-4-5-8-15(11-6-7-11)12(13)14-9-10(2)3/h10-11H,4-9H2,1-3H3,(H2,13,14). The molecule has 0 aromatic carbocycles. The third-order valence-electron chi connectivity index (χ3n) is 2.65. The first-order valence-corrected chi connectivity index (χ1v) is 6.21. The molecule has 0 heterocycles. The zero-order chi connectivity index (χ0) is 11.3. The fraction of sp³-hybridized carbons (Fsp3) is 0.917. The molecule has 0 aromatic heterocycles. The molecule has 0 aromatic rings. The Morgan fingerprint density at radius 2 is 2.13 bits per heavy atom. The molecule has 0 unspecified atom stereocenters. The number of hydrogen-bond acceptors (Lipinski definition) is 1. The van der Waals surface area contributed by atoms with E-state index < -0.39 is 0 Å². The second-order valence-electron chi connectivity index (χ2n) is 4.87. The summed E-state index contributed by atoms with van der Waals surface area (Å²) in [5.41, 5.74) is 6.02. The molecule has 0 amide bonds. The van der Waals surface area contributed by atoms with E-state index in [1.165, 1.54) is 25.7 Å². The number of nitrogens with zero attached hydrogens (tertiary/aromatic N) is 2. The fourth-order valence-corrected chi connectivity index (χ4v) is 1.57.